The number of rotatable bonds is 6. The van der Waals surface area contributed by atoms with Crippen LogP contribution >= 0.6 is 0 Å². The fraction of sp³-hybridized carbons (Fsp3) is 0. The van der Waals surface area contributed by atoms with Gasteiger partial charge in [-0.05, 0) is 82.9 Å². The van der Waals surface area contributed by atoms with Crippen molar-refractivity contribution in [1.82, 2.24) is 4.98 Å². The van der Waals surface area contributed by atoms with Crippen LogP contribution in [0.3, 0.4) is 0 Å². The number of furan rings is 1. The molecule has 0 aliphatic heterocycles. The van der Waals surface area contributed by atoms with Gasteiger partial charge in [-0.25, -0.2) is 4.98 Å². The summed E-state index contributed by atoms with van der Waals surface area (Å²) >= 11 is 0. The lowest BCUT2D eigenvalue weighted by Crippen LogP contribution is -2.09. The summed E-state index contributed by atoms with van der Waals surface area (Å²) < 4.78 is 12.6. The van der Waals surface area contributed by atoms with Crippen LogP contribution in [-0.2, 0) is 0 Å². The van der Waals surface area contributed by atoms with Crippen LogP contribution in [0.25, 0.3) is 66.7 Å². The molecule has 0 atom stereocenters. The second kappa shape index (κ2) is 11.2. The van der Waals surface area contributed by atoms with E-state index < -0.39 is 0 Å². The third-order valence-electron chi connectivity index (χ3n) is 8.72. The Hall–Kier alpha value is -6.39. The van der Waals surface area contributed by atoms with Crippen molar-refractivity contribution in [3.8, 4) is 33.7 Å². The fourth-order valence-electron chi connectivity index (χ4n) is 6.40. The molecule has 0 aliphatic carbocycles. The van der Waals surface area contributed by atoms with E-state index in [2.05, 4.69) is 120 Å². The van der Waals surface area contributed by atoms with E-state index in [1.54, 1.807) is 0 Å². The highest BCUT2D eigenvalue weighted by Gasteiger charge is 2.19. The van der Waals surface area contributed by atoms with Crippen LogP contribution in [0.2, 0.25) is 0 Å². The zero-order valence-electron chi connectivity index (χ0n) is 25.4. The second-order valence-electron chi connectivity index (χ2n) is 11.6. The summed E-state index contributed by atoms with van der Waals surface area (Å²) in [6.07, 6.45) is 0. The Kier molecular flexibility index (Phi) is 6.43. The Morgan fingerprint density at radius 2 is 0.894 bits per heavy atom. The van der Waals surface area contributed by atoms with Crippen molar-refractivity contribution in [2.75, 3.05) is 4.90 Å². The molecule has 0 radical (unpaired) electrons. The zero-order valence-corrected chi connectivity index (χ0v) is 25.4. The van der Waals surface area contributed by atoms with Gasteiger partial charge in [-0.2, -0.15) is 0 Å². The van der Waals surface area contributed by atoms with Gasteiger partial charge in [0.05, 0.1) is 5.39 Å². The number of anilines is 3. The summed E-state index contributed by atoms with van der Waals surface area (Å²) in [5, 5.41) is 1.97. The van der Waals surface area contributed by atoms with Gasteiger partial charge in [0.1, 0.15) is 16.7 Å². The van der Waals surface area contributed by atoms with Crippen LogP contribution in [0.15, 0.2) is 179 Å². The number of aromatic nitrogens is 1. The van der Waals surface area contributed by atoms with E-state index in [0.29, 0.717) is 5.89 Å². The van der Waals surface area contributed by atoms with E-state index in [9.17, 15) is 0 Å². The van der Waals surface area contributed by atoms with Crippen molar-refractivity contribution in [2.24, 2.45) is 0 Å². The molecule has 0 aliphatic rings. The first-order chi connectivity index (χ1) is 23.3. The number of oxazole rings is 1. The molecule has 0 spiro atoms. The Labute approximate surface area is 271 Å². The molecule has 0 saturated carbocycles. The normalized spacial score (nSPS) is 11.4. The van der Waals surface area contributed by atoms with Gasteiger partial charge in [0.15, 0.2) is 5.58 Å². The Balaban J connectivity index is 1.10. The third-order valence-corrected chi connectivity index (χ3v) is 8.72. The topological polar surface area (TPSA) is 42.4 Å². The smallest absolute Gasteiger partial charge is 0.227 e. The van der Waals surface area contributed by atoms with Crippen LogP contribution in [0.4, 0.5) is 17.1 Å². The molecule has 7 aromatic carbocycles. The van der Waals surface area contributed by atoms with Gasteiger partial charge in [-0.15, -0.1) is 0 Å². The van der Waals surface area contributed by atoms with Crippen LogP contribution in [0.5, 0.6) is 0 Å². The zero-order chi connectivity index (χ0) is 31.2. The van der Waals surface area contributed by atoms with Crippen LogP contribution in [-0.4, -0.2) is 4.98 Å². The van der Waals surface area contributed by atoms with E-state index in [1.165, 1.54) is 22.3 Å². The highest BCUT2D eigenvalue weighted by molar-refractivity contribution is 6.17. The van der Waals surface area contributed by atoms with Crippen LogP contribution in [0.1, 0.15) is 0 Å². The van der Waals surface area contributed by atoms with E-state index in [-0.39, 0.29) is 0 Å². The Morgan fingerprint density at radius 3 is 1.55 bits per heavy atom. The maximum Gasteiger partial charge on any atom is 0.227 e. The van der Waals surface area contributed by atoms with E-state index in [4.69, 9.17) is 13.8 Å². The van der Waals surface area contributed by atoms with Gasteiger partial charge in [0.25, 0.3) is 0 Å². The maximum absolute atomic E-state index is 6.45. The molecule has 9 aromatic rings. The van der Waals surface area contributed by atoms with Crippen molar-refractivity contribution in [1.29, 1.82) is 0 Å². The summed E-state index contributed by atoms with van der Waals surface area (Å²) in [6.45, 7) is 0. The largest absolute Gasteiger partial charge is 0.456 e. The number of benzene rings is 7. The minimum atomic E-state index is 0.602. The van der Waals surface area contributed by atoms with Gasteiger partial charge in [-0.3, -0.25) is 0 Å². The molecule has 0 amide bonds. The third kappa shape index (κ3) is 4.84. The SMILES string of the molecule is c1ccc(-c2ccc(-c3ccc(N(c4ccccc4)c4ccc5c(c4)oc4ccc6oc(-c7ccccc7)nc6c45)cc3)cc2)cc1. The fourth-order valence-corrected chi connectivity index (χ4v) is 6.40. The van der Waals surface area contributed by atoms with Crippen LogP contribution < -0.4 is 4.90 Å². The molecular weight excluding hydrogens is 576 g/mol. The standard InChI is InChI=1S/C43H28N2O2/c1-4-10-29(11-5-1)30-16-18-31(19-17-30)32-20-22-35(23-21-32)45(34-14-8-3-9-15-34)36-24-25-37-40(28-36)46-38-26-27-39-42(41(37)38)44-43(47-39)33-12-6-2-7-13-33/h1-28H. The van der Waals surface area contributed by atoms with Crippen molar-refractivity contribution < 1.29 is 8.83 Å². The van der Waals surface area contributed by atoms with E-state index in [1.807, 2.05) is 54.6 Å². The van der Waals surface area contributed by atoms with Crippen molar-refractivity contribution in [3.63, 3.8) is 0 Å². The number of hydrogen-bond acceptors (Lipinski definition) is 4. The molecule has 4 nitrogen and oxygen atoms in total. The molecule has 9 rings (SSSR count). The first-order valence-corrected chi connectivity index (χ1v) is 15.7. The second-order valence-corrected chi connectivity index (χ2v) is 11.6. The first kappa shape index (κ1) is 27.0. The monoisotopic (exact) mass is 604 g/mol. The van der Waals surface area contributed by atoms with Gasteiger partial charge < -0.3 is 13.7 Å². The van der Waals surface area contributed by atoms with Crippen LogP contribution in [0, 0.1) is 0 Å². The molecule has 0 N–H and O–H groups in total. The predicted octanol–water partition coefficient (Wildman–Crippen LogP) is 12.2. The molecule has 0 unspecified atom stereocenters. The highest BCUT2D eigenvalue weighted by Crippen LogP contribution is 2.41. The number of fused-ring (bicyclic) bond motifs is 5. The molecule has 4 heteroatoms. The quantitative estimate of drug-likeness (QED) is 0.189. The molecular formula is C43H28N2O2. The van der Waals surface area contributed by atoms with E-state index >= 15 is 0 Å². The summed E-state index contributed by atoms with van der Waals surface area (Å²) in [7, 11) is 0. The minimum absolute atomic E-state index is 0.602. The average Bonchev–Trinajstić information content (AvgIpc) is 3.75. The van der Waals surface area contributed by atoms with Crippen molar-refractivity contribution >= 4 is 50.1 Å². The molecule has 2 aromatic heterocycles. The van der Waals surface area contributed by atoms with E-state index in [0.717, 1.165) is 55.7 Å². The summed E-state index contributed by atoms with van der Waals surface area (Å²) in [6, 6.07) is 58.7. The molecule has 222 valence electrons. The minimum Gasteiger partial charge on any atom is -0.456 e. The number of hydrogen-bond donors (Lipinski definition) is 0. The Morgan fingerprint density at radius 1 is 0.383 bits per heavy atom. The maximum atomic E-state index is 6.45. The lowest BCUT2D eigenvalue weighted by Gasteiger charge is -2.25. The van der Waals surface area contributed by atoms with Gasteiger partial charge in [-0.1, -0.05) is 103 Å². The Bertz CT molecular complexity index is 2480. The molecule has 0 bridgehead atoms. The summed E-state index contributed by atoms with van der Waals surface area (Å²) in [5.41, 5.74) is 12.0. The summed E-state index contributed by atoms with van der Waals surface area (Å²) in [5.74, 6) is 0.602. The molecule has 2 heterocycles. The van der Waals surface area contributed by atoms with Gasteiger partial charge in [0, 0.05) is 34.1 Å². The molecule has 0 saturated heterocycles. The summed E-state index contributed by atoms with van der Waals surface area (Å²) in [4.78, 5) is 7.16. The van der Waals surface area contributed by atoms with Crippen molar-refractivity contribution in [2.45, 2.75) is 0 Å². The number of nitrogens with zero attached hydrogens (tertiary/aromatic N) is 2. The average molecular weight is 605 g/mol. The predicted molar refractivity (Wildman–Crippen MR) is 192 cm³/mol. The first-order valence-electron chi connectivity index (χ1n) is 15.7. The lowest BCUT2D eigenvalue weighted by molar-refractivity contribution is 0.619. The highest BCUT2D eigenvalue weighted by atomic mass is 16.4. The lowest BCUT2D eigenvalue weighted by atomic mass is 10.00. The molecule has 0 fully saturated rings. The van der Waals surface area contributed by atoms with Crippen molar-refractivity contribution in [3.05, 3.63) is 170 Å². The molecule has 47 heavy (non-hydrogen) atoms. The number of para-hydroxylation sites is 1. The van der Waals surface area contributed by atoms with Gasteiger partial charge in [0.2, 0.25) is 5.89 Å². The van der Waals surface area contributed by atoms with Gasteiger partial charge >= 0.3 is 0 Å².